The van der Waals surface area contributed by atoms with Gasteiger partial charge in [0.1, 0.15) is 6.04 Å². The van der Waals surface area contributed by atoms with Crippen molar-refractivity contribution >= 4 is 17.5 Å². The van der Waals surface area contributed by atoms with Crippen molar-refractivity contribution in [1.29, 1.82) is 0 Å². The van der Waals surface area contributed by atoms with Crippen molar-refractivity contribution in [1.82, 2.24) is 15.1 Å². The monoisotopic (exact) mass is 284 g/mol. The smallest absolute Gasteiger partial charge is 0.252 e. The Morgan fingerprint density at radius 2 is 2.19 bits per heavy atom. The molecule has 2 heterocycles. The van der Waals surface area contributed by atoms with E-state index in [-0.39, 0.29) is 11.8 Å². The van der Waals surface area contributed by atoms with Gasteiger partial charge in [0.25, 0.3) is 5.91 Å². The summed E-state index contributed by atoms with van der Waals surface area (Å²) in [7, 11) is 1.81. The van der Waals surface area contributed by atoms with Gasteiger partial charge >= 0.3 is 0 Å². The number of hydrogen-bond acceptors (Lipinski definition) is 3. The maximum atomic E-state index is 12.3. The Morgan fingerprint density at radius 3 is 2.90 bits per heavy atom. The van der Waals surface area contributed by atoms with Crippen LogP contribution in [0.25, 0.3) is 0 Å². The van der Waals surface area contributed by atoms with Gasteiger partial charge in [0.15, 0.2) is 0 Å². The van der Waals surface area contributed by atoms with Crippen LogP contribution in [0.2, 0.25) is 0 Å². The molecule has 6 heteroatoms. The van der Waals surface area contributed by atoms with Crippen molar-refractivity contribution in [3.8, 4) is 0 Å². The van der Waals surface area contributed by atoms with Gasteiger partial charge in [-0.15, -0.1) is 0 Å². The van der Waals surface area contributed by atoms with Crippen LogP contribution in [0.5, 0.6) is 0 Å². The van der Waals surface area contributed by atoms with Crippen LogP contribution in [-0.2, 0) is 18.3 Å². The molecule has 1 aliphatic rings. The van der Waals surface area contributed by atoms with Crippen molar-refractivity contribution in [3.63, 3.8) is 0 Å². The predicted molar refractivity (Wildman–Crippen MR) is 78.0 cm³/mol. The summed E-state index contributed by atoms with van der Waals surface area (Å²) in [6.07, 6.45) is 2.10. The standard InChI is InChI=1S/C15H16N4O2/c1-9-13(8-16-19(9)2)18-15(21)12-7-10-5-3-4-6-11(10)14(20)17-12/h3-6,8,12H,7H2,1-2H3,(H,17,20)(H,18,21). The highest BCUT2D eigenvalue weighted by Crippen LogP contribution is 2.18. The first kappa shape index (κ1) is 13.4. The average molecular weight is 284 g/mol. The van der Waals surface area contributed by atoms with Crippen molar-refractivity contribution in [2.45, 2.75) is 19.4 Å². The van der Waals surface area contributed by atoms with E-state index in [0.29, 0.717) is 17.7 Å². The van der Waals surface area contributed by atoms with Gasteiger partial charge in [-0.1, -0.05) is 18.2 Å². The fourth-order valence-corrected chi connectivity index (χ4v) is 2.43. The number of carbonyl (C=O) groups is 2. The molecule has 1 aromatic heterocycles. The molecule has 1 atom stereocenters. The van der Waals surface area contributed by atoms with Gasteiger partial charge in [-0.25, -0.2) is 0 Å². The lowest BCUT2D eigenvalue weighted by atomic mass is 9.95. The fraction of sp³-hybridized carbons (Fsp3) is 0.267. The Hall–Kier alpha value is -2.63. The van der Waals surface area contributed by atoms with Crippen LogP contribution < -0.4 is 10.6 Å². The second-order valence-electron chi connectivity index (χ2n) is 5.14. The number of aromatic nitrogens is 2. The lowest BCUT2D eigenvalue weighted by molar-refractivity contribution is -0.118. The molecular formula is C15H16N4O2. The number of carbonyl (C=O) groups excluding carboxylic acids is 2. The van der Waals surface area contributed by atoms with E-state index in [1.54, 1.807) is 16.9 Å². The van der Waals surface area contributed by atoms with Crippen LogP contribution in [0.3, 0.4) is 0 Å². The van der Waals surface area contributed by atoms with Gasteiger partial charge in [0, 0.05) is 19.0 Å². The van der Waals surface area contributed by atoms with Gasteiger partial charge in [-0.3, -0.25) is 14.3 Å². The summed E-state index contributed by atoms with van der Waals surface area (Å²) in [5.74, 6) is -0.436. The van der Waals surface area contributed by atoms with E-state index >= 15 is 0 Å². The number of fused-ring (bicyclic) bond motifs is 1. The van der Waals surface area contributed by atoms with E-state index < -0.39 is 6.04 Å². The summed E-state index contributed by atoms with van der Waals surface area (Å²) in [6.45, 7) is 1.87. The fourth-order valence-electron chi connectivity index (χ4n) is 2.43. The topological polar surface area (TPSA) is 76.0 Å². The third-order valence-electron chi connectivity index (χ3n) is 3.80. The van der Waals surface area contributed by atoms with Gasteiger partial charge in [0.05, 0.1) is 17.6 Å². The highest BCUT2D eigenvalue weighted by molar-refractivity contribution is 6.03. The van der Waals surface area contributed by atoms with Crippen molar-refractivity contribution in [2.75, 3.05) is 5.32 Å². The summed E-state index contributed by atoms with van der Waals surface area (Å²) in [6, 6.07) is 6.77. The van der Waals surface area contributed by atoms with E-state index in [1.165, 1.54) is 0 Å². The Morgan fingerprint density at radius 1 is 1.43 bits per heavy atom. The molecule has 0 radical (unpaired) electrons. The maximum absolute atomic E-state index is 12.3. The summed E-state index contributed by atoms with van der Waals surface area (Å²) in [5.41, 5.74) is 3.06. The van der Waals surface area contributed by atoms with E-state index in [4.69, 9.17) is 0 Å². The van der Waals surface area contributed by atoms with Crippen molar-refractivity contribution in [3.05, 3.63) is 47.3 Å². The summed E-state index contributed by atoms with van der Waals surface area (Å²) < 4.78 is 1.68. The molecular weight excluding hydrogens is 268 g/mol. The normalized spacial score (nSPS) is 17.0. The van der Waals surface area contributed by atoms with Crippen molar-refractivity contribution in [2.24, 2.45) is 7.05 Å². The van der Waals surface area contributed by atoms with Gasteiger partial charge in [0.2, 0.25) is 5.91 Å². The molecule has 3 rings (SSSR count). The van der Waals surface area contributed by atoms with Gasteiger partial charge < -0.3 is 10.6 Å². The Bertz CT molecular complexity index is 720. The van der Waals surface area contributed by atoms with Crippen LogP contribution in [-0.4, -0.2) is 27.6 Å². The van der Waals surface area contributed by atoms with E-state index in [0.717, 1.165) is 11.3 Å². The predicted octanol–water partition coefficient (Wildman–Crippen LogP) is 1.02. The highest BCUT2D eigenvalue weighted by atomic mass is 16.2. The second-order valence-corrected chi connectivity index (χ2v) is 5.14. The number of benzene rings is 1. The van der Waals surface area contributed by atoms with Crippen LogP contribution in [0.4, 0.5) is 5.69 Å². The van der Waals surface area contributed by atoms with Gasteiger partial charge in [-0.2, -0.15) is 5.10 Å². The minimum absolute atomic E-state index is 0.208. The molecule has 108 valence electrons. The molecule has 0 fully saturated rings. The highest BCUT2D eigenvalue weighted by Gasteiger charge is 2.29. The van der Waals surface area contributed by atoms with Gasteiger partial charge in [-0.05, 0) is 18.6 Å². The molecule has 0 spiro atoms. The summed E-state index contributed by atoms with van der Waals surface area (Å²) >= 11 is 0. The first-order valence-electron chi connectivity index (χ1n) is 6.74. The van der Waals surface area contributed by atoms with E-state index in [1.807, 2.05) is 32.2 Å². The average Bonchev–Trinajstić information content (AvgIpc) is 2.79. The molecule has 6 nitrogen and oxygen atoms in total. The van der Waals surface area contributed by atoms with Crippen LogP contribution in [0.1, 0.15) is 21.6 Å². The number of hydrogen-bond donors (Lipinski definition) is 2. The molecule has 21 heavy (non-hydrogen) atoms. The number of nitrogens with one attached hydrogen (secondary N) is 2. The van der Waals surface area contributed by atoms with Crippen molar-refractivity contribution < 1.29 is 9.59 Å². The Labute approximate surface area is 122 Å². The molecule has 0 saturated heterocycles. The molecule has 2 N–H and O–H groups in total. The van der Waals surface area contributed by atoms with E-state index in [2.05, 4.69) is 15.7 Å². The number of rotatable bonds is 2. The molecule has 0 saturated carbocycles. The number of amides is 2. The zero-order chi connectivity index (χ0) is 15.0. The molecule has 1 unspecified atom stereocenters. The van der Waals surface area contributed by atoms with Crippen LogP contribution >= 0.6 is 0 Å². The number of nitrogens with zero attached hydrogens (tertiary/aromatic N) is 2. The number of anilines is 1. The molecule has 0 aliphatic carbocycles. The van der Waals surface area contributed by atoms with Crippen LogP contribution in [0.15, 0.2) is 30.5 Å². The maximum Gasteiger partial charge on any atom is 0.252 e. The third-order valence-corrected chi connectivity index (χ3v) is 3.80. The zero-order valence-electron chi connectivity index (χ0n) is 11.9. The number of aryl methyl sites for hydroxylation is 1. The first-order valence-corrected chi connectivity index (χ1v) is 6.74. The summed E-state index contributed by atoms with van der Waals surface area (Å²) in [4.78, 5) is 24.3. The molecule has 2 aromatic rings. The minimum Gasteiger partial charge on any atom is -0.340 e. The molecule has 1 aliphatic heterocycles. The first-order chi connectivity index (χ1) is 10.1. The molecule has 2 amide bonds. The van der Waals surface area contributed by atoms with Crippen LogP contribution in [0, 0.1) is 6.92 Å². The summed E-state index contributed by atoms with van der Waals surface area (Å²) in [5, 5.41) is 9.64. The lowest BCUT2D eigenvalue weighted by Crippen LogP contribution is -2.48. The molecule has 1 aromatic carbocycles. The quantitative estimate of drug-likeness (QED) is 0.864. The lowest BCUT2D eigenvalue weighted by Gasteiger charge is -2.24. The molecule has 0 bridgehead atoms. The Balaban J connectivity index is 1.78. The SMILES string of the molecule is Cc1c(NC(=O)C2Cc3ccccc3C(=O)N2)cnn1C. The second kappa shape index (κ2) is 5.05. The zero-order valence-corrected chi connectivity index (χ0v) is 11.9. The van der Waals surface area contributed by atoms with E-state index in [9.17, 15) is 9.59 Å². The third kappa shape index (κ3) is 2.40. The Kier molecular flexibility index (Phi) is 3.21. The largest absolute Gasteiger partial charge is 0.340 e. The minimum atomic E-state index is -0.563.